The van der Waals surface area contributed by atoms with E-state index in [9.17, 15) is 27.9 Å². The van der Waals surface area contributed by atoms with Crippen molar-refractivity contribution in [3.63, 3.8) is 0 Å². The second-order valence-corrected chi connectivity index (χ2v) is 6.85. The maximum Gasteiger partial charge on any atom is 0.416 e. The van der Waals surface area contributed by atoms with Crippen LogP contribution >= 0.6 is 0 Å². The molecule has 0 aliphatic heterocycles. The number of halogens is 3. The lowest BCUT2D eigenvalue weighted by Crippen LogP contribution is -2.47. The zero-order valence-corrected chi connectivity index (χ0v) is 15.3. The number of benzene rings is 1. The molecule has 2 amide bonds. The topological polar surface area (TPSA) is 98.7 Å². The summed E-state index contributed by atoms with van der Waals surface area (Å²) in [6, 6.07) is 5.08. The highest BCUT2D eigenvalue weighted by Gasteiger charge is 2.33. The van der Waals surface area contributed by atoms with Crippen molar-refractivity contribution in [3.05, 3.63) is 35.4 Å². The van der Waals surface area contributed by atoms with E-state index >= 15 is 0 Å². The third kappa shape index (κ3) is 7.18. The van der Waals surface area contributed by atoms with Crippen molar-refractivity contribution in [1.29, 1.82) is 0 Å². The van der Waals surface area contributed by atoms with Gasteiger partial charge in [-0.25, -0.2) is 0 Å². The van der Waals surface area contributed by atoms with E-state index in [0.29, 0.717) is 0 Å². The molecule has 0 spiro atoms. The van der Waals surface area contributed by atoms with Crippen LogP contribution in [-0.4, -0.2) is 47.8 Å². The number of hydrogen-bond donors (Lipinski definition) is 4. The molecule has 0 saturated carbocycles. The maximum absolute atomic E-state index is 12.9. The Labute approximate surface area is 155 Å². The second-order valence-electron chi connectivity index (χ2n) is 6.85. The number of aryl methyl sites for hydroxylation is 1. The average molecular weight is 390 g/mol. The highest BCUT2D eigenvalue weighted by atomic mass is 19.4. The van der Waals surface area contributed by atoms with Gasteiger partial charge in [0.05, 0.1) is 12.2 Å². The number of carbonyl (C=O) groups is 2. The fraction of sp³-hybridized carbons (Fsp3) is 0.556. The van der Waals surface area contributed by atoms with Crippen LogP contribution in [0.15, 0.2) is 24.3 Å². The molecule has 27 heavy (non-hydrogen) atoms. The smallest absolute Gasteiger partial charge is 0.396 e. The molecule has 0 saturated heterocycles. The molecule has 0 aromatic heterocycles. The molecular weight excluding hydrogens is 365 g/mol. The van der Waals surface area contributed by atoms with E-state index in [4.69, 9.17) is 5.11 Å². The summed E-state index contributed by atoms with van der Waals surface area (Å²) in [6.45, 7) is 2.79. The summed E-state index contributed by atoms with van der Waals surface area (Å²) in [6.07, 6.45) is -6.06. The van der Waals surface area contributed by atoms with E-state index < -0.39 is 35.1 Å². The van der Waals surface area contributed by atoms with Crippen molar-refractivity contribution in [3.8, 4) is 0 Å². The molecule has 0 fully saturated rings. The molecule has 0 radical (unpaired) electrons. The Bertz CT molecular complexity index is 648. The monoisotopic (exact) mass is 390 g/mol. The van der Waals surface area contributed by atoms with Crippen molar-refractivity contribution in [2.45, 2.75) is 39.0 Å². The average Bonchev–Trinajstić information content (AvgIpc) is 2.62. The molecule has 1 atom stereocenters. The molecule has 0 unspecified atom stereocenters. The molecule has 1 rings (SSSR count). The largest absolute Gasteiger partial charge is 0.416 e. The minimum atomic E-state index is -4.47. The quantitative estimate of drug-likeness (QED) is 0.477. The summed E-state index contributed by atoms with van der Waals surface area (Å²) in [7, 11) is 0. The normalized spacial score (nSPS) is 13.1. The van der Waals surface area contributed by atoms with Crippen LogP contribution in [0.4, 0.5) is 13.2 Å². The van der Waals surface area contributed by atoms with Crippen molar-refractivity contribution in [1.82, 2.24) is 10.6 Å². The van der Waals surface area contributed by atoms with Gasteiger partial charge in [-0.15, -0.1) is 0 Å². The van der Waals surface area contributed by atoms with Crippen molar-refractivity contribution in [2.24, 2.45) is 5.41 Å². The van der Waals surface area contributed by atoms with Gasteiger partial charge in [-0.05, 0) is 18.1 Å². The number of amides is 2. The van der Waals surface area contributed by atoms with Crippen molar-refractivity contribution in [2.75, 3.05) is 19.7 Å². The predicted molar refractivity (Wildman–Crippen MR) is 92.7 cm³/mol. The Morgan fingerprint density at radius 2 is 1.70 bits per heavy atom. The molecular formula is C18H25F3N2O4. The first-order valence-electron chi connectivity index (χ1n) is 8.47. The van der Waals surface area contributed by atoms with Gasteiger partial charge in [0.25, 0.3) is 0 Å². The number of aliphatic hydroxyl groups is 2. The van der Waals surface area contributed by atoms with Gasteiger partial charge in [0.1, 0.15) is 6.10 Å². The van der Waals surface area contributed by atoms with Crippen LogP contribution in [0.2, 0.25) is 0 Å². The fourth-order valence-corrected chi connectivity index (χ4v) is 2.28. The maximum atomic E-state index is 12.9. The lowest BCUT2D eigenvalue weighted by molar-refractivity contribution is -0.138. The SMILES string of the molecule is CC(C)(CO)[C@@H](O)C(=O)NCCNC(=O)CCc1ccccc1C(F)(F)F. The zero-order chi connectivity index (χ0) is 20.7. The molecule has 1 aromatic carbocycles. The molecule has 152 valence electrons. The summed E-state index contributed by atoms with van der Waals surface area (Å²) < 4.78 is 38.7. The van der Waals surface area contributed by atoms with Crippen LogP contribution in [0.3, 0.4) is 0 Å². The van der Waals surface area contributed by atoms with Crippen LogP contribution < -0.4 is 10.6 Å². The van der Waals surface area contributed by atoms with Gasteiger partial charge in [0.15, 0.2) is 0 Å². The van der Waals surface area contributed by atoms with Gasteiger partial charge in [0.2, 0.25) is 11.8 Å². The van der Waals surface area contributed by atoms with Crippen LogP contribution in [-0.2, 0) is 22.2 Å². The molecule has 6 nitrogen and oxygen atoms in total. The van der Waals surface area contributed by atoms with Gasteiger partial charge >= 0.3 is 6.18 Å². The Morgan fingerprint density at radius 1 is 1.11 bits per heavy atom. The van der Waals surface area contributed by atoms with E-state index in [-0.39, 0.29) is 38.1 Å². The number of rotatable bonds is 9. The summed E-state index contributed by atoms with van der Waals surface area (Å²) in [5.74, 6) is -1.13. The van der Waals surface area contributed by atoms with Crippen LogP contribution in [0.1, 0.15) is 31.4 Å². The first-order chi connectivity index (χ1) is 12.5. The van der Waals surface area contributed by atoms with Crippen LogP contribution in [0.25, 0.3) is 0 Å². The van der Waals surface area contributed by atoms with Crippen LogP contribution in [0.5, 0.6) is 0 Å². The fourth-order valence-electron chi connectivity index (χ4n) is 2.28. The van der Waals surface area contributed by atoms with E-state index in [0.717, 1.165) is 6.07 Å². The Hall–Kier alpha value is -2.13. The highest BCUT2D eigenvalue weighted by molar-refractivity contribution is 5.81. The number of aliphatic hydroxyl groups excluding tert-OH is 2. The first kappa shape index (κ1) is 22.9. The molecule has 0 bridgehead atoms. The molecule has 4 N–H and O–H groups in total. The second kappa shape index (κ2) is 9.70. The lowest BCUT2D eigenvalue weighted by atomic mass is 9.87. The Balaban J connectivity index is 2.38. The highest BCUT2D eigenvalue weighted by Crippen LogP contribution is 2.32. The van der Waals surface area contributed by atoms with Crippen LogP contribution in [0, 0.1) is 5.41 Å². The van der Waals surface area contributed by atoms with E-state index in [1.54, 1.807) is 0 Å². The van der Waals surface area contributed by atoms with E-state index in [1.165, 1.54) is 32.0 Å². The zero-order valence-electron chi connectivity index (χ0n) is 15.3. The summed E-state index contributed by atoms with van der Waals surface area (Å²) >= 11 is 0. The summed E-state index contributed by atoms with van der Waals surface area (Å²) in [4.78, 5) is 23.5. The Morgan fingerprint density at radius 3 is 2.30 bits per heavy atom. The summed E-state index contributed by atoms with van der Waals surface area (Å²) in [5.41, 5.74) is -1.72. The number of hydrogen-bond acceptors (Lipinski definition) is 4. The van der Waals surface area contributed by atoms with Gasteiger partial charge in [-0.1, -0.05) is 32.0 Å². The predicted octanol–water partition coefficient (Wildman–Crippen LogP) is 1.25. The molecule has 9 heteroatoms. The van der Waals surface area contributed by atoms with Gasteiger partial charge in [-0.2, -0.15) is 13.2 Å². The molecule has 0 aliphatic rings. The molecule has 0 heterocycles. The molecule has 1 aromatic rings. The number of alkyl halides is 3. The standard InChI is InChI=1S/C18H25F3N2O4/c1-17(2,11-24)15(26)16(27)23-10-9-22-14(25)8-7-12-5-3-4-6-13(12)18(19,20)21/h3-6,15,24,26H,7-11H2,1-2H3,(H,22,25)(H,23,27)/t15-/m0/s1. The third-order valence-corrected chi connectivity index (χ3v) is 4.09. The minimum Gasteiger partial charge on any atom is -0.396 e. The van der Waals surface area contributed by atoms with E-state index in [1.807, 2.05) is 0 Å². The van der Waals surface area contributed by atoms with Crippen molar-refractivity contribution >= 4 is 11.8 Å². The summed E-state index contributed by atoms with van der Waals surface area (Å²) in [5, 5.41) is 23.8. The number of nitrogens with one attached hydrogen (secondary N) is 2. The third-order valence-electron chi connectivity index (χ3n) is 4.09. The van der Waals surface area contributed by atoms with Gasteiger partial charge in [0, 0.05) is 24.9 Å². The minimum absolute atomic E-state index is 0.0439. The Kier molecular flexibility index (Phi) is 8.23. The van der Waals surface area contributed by atoms with Gasteiger partial charge < -0.3 is 20.8 Å². The van der Waals surface area contributed by atoms with E-state index in [2.05, 4.69) is 10.6 Å². The van der Waals surface area contributed by atoms with Crippen molar-refractivity contribution < 1.29 is 33.0 Å². The number of carbonyl (C=O) groups excluding carboxylic acids is 2. The first-order valence-corrected chi connectivity index (χ1v) is 8.47. The lowest BCUT2D eigenvalue weighted by Gasteiger charge is -2.27. The molecule has 0 aliphatic carbocycles. The van der Waals surface area contributed by atoms with Gasteiger partial charge in [-0.3, -0.25) is 9.59 Å².